The second-order valence-electron chi connectivity index (χ2n) is 5.84. The third-order valence-electron chi connectivity index (χ3n) is 4.13. The van der Waals surface area contributed by atoms with Gasteiger partial charge in [-0.25, -0.2) is 9.67 Å². The van der Waals surface area contributed by atoms with Crippen molar-refractivity contribution in [1.82, 2.24) is 14.8 Å². The Balaban J connectivity index is 1.48. The predicted molar refractivity (Wildman–Crippen MR) is 90.8 cm³/mol. The summed E-state index contributed by atoms with van der Waals surface area (Å²) >= 11 is 0. The molecule has 6 heteroatoms. The summed E-state index contributed by atoms with van der Waals surface area (Å²) in [6.45, 7) is 2.11. The van der Waals surface area contributed by atoms with E-state index in [9.17, 15) is 0 Å². The Bertz CT molecular complexity index is 783. The van der Waals surface area contributed by atoms with Gasteiger partial charge in [-0.1, -0.05) is 30.3 Å². The van der Waals surface area contributed by atoms with Gasteiger partial charge in [-0.15, -0.1) is 0 Å². The molecule has 0 radical (unpaired) electrons. The minimum Gasteiger partial charge on any atom is -0.489 e. The van der Waals surface area contributed by atoms with Crippen molar-refractivity contribution >= 4 is 0 Å². The summed E-state index contributed by atoms with van der Waals surface area (Å²) in [5.41, 5.74) is 2.07. The van der Waals surface area contributed by atoms with Crippen molar-refractivity contribution in [2.75, 3.05) is 13.2 Å². The molecular weight excluding hydrogens is 318 g/mol. The van der Waals surface area contributed by atoms with Crippen LogP contribution >= 0.6 is 0 Å². The van der Waals surface area contributed by atoms with Crippen LogP contribution < -0.4 is 4.74 Å². The molecule has 0 amide bonds. The number of ether oxygens (including phenoxy) is 3. The second kappa shape index (κ2) is 7.04. The van der Waals surface area contributed by atoms with Crippen LogP contribution in [-0.2, 0) is 28.4 Å². The summed E-state index contributed by atoms with van der Waals surface area (Å²) in [5, 5.41) is 4.15. The standard InChI is InChI=1S/C19H19N3O3/c1-2-4-16(5-3-1)12-23-18-8-6-17(7-9-18)19(24-10-11-25-19)13-22-15-20-14-21-22/h1-9,14-15H,10-13H2. The fourth-order valence-electron chi connectivity index (χ4n) is 2.88. The Kier molecular flexibility index (Phi) is 4.45. The van der Waals surface area contributed by atoms with Crippen molar-refractivity contribution in [3.05, 3.63) is 78.4 Å². The summed E-state index contributed by atoms with van der Waals surface area (Å²) < 4.78 is 19.4. The fraction of sp³-hybridized carbons (Fsp3) is 0.263. The molecule has 0 N–H and O–H groups in total. The van der Waals surface area contributed by atoms with Crippen LogP contribution in [0.5, 0.6) is 5.75 Å². The molecule has 1 aromatic heterocycles. The molecule has 0 spiro atoms. The Hall–Kier alpha value is -2.70. The lowest BCUT2D eigenvalue weighted by molar-refractivity contribution is -0.177. The van der Waals surface area contributed by atoms with Crippen molar-refractivity contribution in [3.63, 3.8) is 0 Å². The lowest BCUT2D eigenvalue weighted by atomic mass is 10.1. The molecule has 0 aliphatic carbocycles. The minimum absolute atomic E-state index is 0.456. The lowest BCUT2D eigenvalue weighted by Crippen LogP contribution is -2.33. The van der Waals surface area contributed by atoms with E-state index in [0.717, 1.165) is 16.9 Å². The third-order valence-corrected chi connectivity index (χ3v) is 4.13. The molecule has 0 saturated carbocycles. The Labute approximate surface area is 146 Å². The molecule has 2 aromatic carbocycles. The van der Waals surface area contributed by atoms with Gasteiger partial charge in [0.2, 0.25) is 5.79 Å². The van der Waals surface area contributed by atoms with Crippen LogP contribution in [0.4, 0.5) is 0 Å². The molecule has 0 unspecified atom stereocenters. The summed E-state index contributed by atoms with van der Waals surface area (Å²) in [7, 11) is 0. The average molecular weight is 337 g/mol. The van der Waals surface area contributed by atoms with Gasteiger partial charge in [0.05, 0.1) is 13.2 Å². The monoisotopic (exact) mass is 337 g/mol. The first kappa shape index (κ1) is 15.8. The average Bonchev–Trinajstić information content (AvgIpc) is 3.34. The van der Waals surface area contributed by atoms with E-state index in [-0.39, 0.29) is 0 Å². The maximum atomic E-state index is 5.92. The largest absolute Gasteiger partial charge is 0.489 e. The zero-order valence-electron chi connectivity index (χ0n) is 13.7. The van der Waals surface area contributed by atoms with Crippen molar-refractivity contribution in [2.24, 2.45) is 0 Å². The zero-order chi connectivity index (χ0) is 17.0. The minimum atomic E-state index is -0.828. The Morgan fingerprint density at radius 1 is 1.00 bits per heavy atom. The first-order valence-corrected chi connectivity index (χ1v) is 8.22. The summed E-state index contributed by atoms with van der Waals surface area (Å²) in [6, 6.07) is 17.9. The SMILES string of the molecule is c1ccc(COc2ccc(C3(Cn4cncn4)OCCO3)cc2)cc1. The molecule has 0 bridgehead atoms. The predicted octanol–water partition coefficient (Wildman–Crippen LogP) is 2.76. The number of rotatable bonds is 6. The van der Waals surface area contributed by atoms with E-state index < -0.39 is 5.79 Å². The molecule has 1 saturated heterocycles. The highest BCUT2D eigenvalue weighted by Crippen LogP contribution is 2.34. The van der Waals surface area contributed by atoms with Gasteiger partial charge in [-0.05, 0) is 29.8 Å². The van der Waals surface area contributed by atoms with Gasteiger partial charge in [0.25, 0.3) is 0 Å². The maximum absolute atomic E-state index is 5.92. The van der Waals surface area contributed by atoms with Crippen molar-refractivity contribution in [2.45, 2.75) is 18.9 Å². The van der Waals surface area contributed by atoms with E-state index in [1.807, 2.05) is 54.6 Å². The first-order chi connectivity index (χ1) is 12.3. The molecule has 1 aliphatic heterocycles. The molecule has 2 heterocycles. The molecule has 4 rings (SSSR count). The number of hydrogen-bond acceptors (Lipinski definition) is 5. The van der Waals surface area contributed by atoms with Gasteiger partial charge >= 0.3 is 0 Å². The van der Waals surface area contributed by atoms with Crippen LogP contribution in [0.25, 0.3) is 0 Å². The second-order valence-corrected chi connectivity index (χ2v) is 5.84. The van der Waals surface area contributed by atoms with Crippen LogP contribution in [0, 0.1) is 0 Å². The summed E-state index contributed by atoms with van der Waals surface area (Å²) in [4.78, 5) is 3.98. The number of aromatic nitrogens is 3. The van der Waals surface area contributed by atoms with Crippen LogP contribution in [0.15, 0.2) is 67.3 Å². The van der Waals surface area contributed by atoms with E-state index in [1.165, 1.54) is 6.33 Å². The van der Waals surface area contributed by atoms with Crippen molar-refractivity contribution in [3.8, 4) is 5.75 Å². The third kappa shape index (κ3) is 3.55. The van der Waals surface area contributed by atoms with E-state index in [1.54, 1.807) is 11.0 Å². The zero-order valence-corrected chi connectivity index (χ0v) is 13.7. The molecule has 25 heavy (non-hydrogen) atoms. The quantitative estimate of drug-likeness (QED) is 0.692. The van der Waals surface area contributed by atoms with E-state index in [4.69, 9.17) is 14.2 Å². The van der Waals surface area contributed by atoms with Crippen LogP contribution in [0.3, 0.4) is 0 Å². The van der Waals surface area contributed by atoms with E-state index in [0.29, 0.717) is 26.4 Å². The molecule has 6 nitrogen and oxygen atoms in total. The number of nitrogens with zero attached hydrogens (tertiary/aromatic N) is 3. The Morgan fingerprint density at radius 2 is 1.76 bits per heavy atom. The maximum Gasteiger partial charge on any atom is 0.215 e. The summed E-state index contributed by atoms with van der Waals surface area (Å²) in [6.07, 6.45) is 3.16. The van der Waals surface area contributed by atoms with Crippen LogP contribution in [-0.4, -0.2) is 28.0 Å². The highest BCUT2D eigenvalue weighted by atomic mass is 16.7. The molecule has 0 atom stereocenters. The van der Waals surface area contributed by atoms with E-state index in [2.05, 4.69) is 10.1 Å². The van der Waals surface area contributed by atoms with Gasteiger partial charge in [0.1, 0.15) is 31.6 Å². The molecule has 3 aromatic rings. The van der Waals surface area contributed by atoms with Crippen LogP contribution in [0.2, 0.25) is 0 Å². The highest BCUT2D eigenvalue weighted by molar-refractivity contribution is 5.30. The van der Waals surface area contributed by atoms with Gasteiger partial charge in [0.15, 0.2) is 0 Å². The van der Waals surface area contributed by atoms with Crippen molar-refractivity contribution in [1.29, 1.82) is 0 Å². The molecule has 128 valence electrons. The molecule has 1 aliphatic rings. The topological polar surface area (TPSA) is 58.4 Å². The van der Waals surface area contributed by atoms with Crippen LogP contribution in [0.1, 0.15) is 11.1 Å². The smallest absolute Gasteiger partial charge is 0.215 e. The highest BCUT2D eigenvalue weighted by Gasteiger charge is 2.39. The summed E-state index contributed by atoms with van der Waals surface area (Å²) in [5.74, 6) is -0.0208. The first-order valence-electron chi connectivity index (χ1n) is 8.22. The van der Waals surface area contributed by atoms with Crippen molar-refractivity contribution < 1.29 is 14.2 Å². The Morgan fingerprint density at radius 3 is 2.44 bits per heavy atom. The van der Waals surface area contributed by atoms with E-state index >= 15 is 0 Å². The molecule has 1 fully saturated rings. The normalized spacial score (nSPS) is 16.0. The number of benzene rings is 2. The fourth-order valence-corrected chi connectivity index (χ4v) is 2.88. The van der Waals surface area contributed by atoms with Gasteiger partial charge < -0.3 is 14.2 Å². The molecular formula is C19H19N3O3. The van der Waals surface area contributed by atoms with Gasteiger partial charge in [-0.2, -0.15) is 5.10 Å². The van der Waals surface area contributed by atoms with Gasteiger partial charge in [-0.3, -0.25) is 0 Å². The number of hydrogen-bond donors (Lipinski definition) is 0. The van der Waals surface area contributed by atoms with Gasteiger partial charge in [0, 0.05) is 5.56 Å². The lowest BCUT2D eigenvalue weighted by Gasteiger charge is -2.27.